The van der Waals surface area contributed by atoms with E-state index in [1.807, 2.05) is 61.5 Å². The zero-order valence-corrected chi connectivity index (χ0v) is 17.1. The maximum atomic E-state index is 13.2. The van der Waals surface area contributed by atoms with Gasteiger partial charge in [-0.25, -0.2) is 10.4 Å². The van der Waals surface area contributed by atoms with Crippen molar-refractivity contribution in [1.82, 2.24) is 21.0 Å². The summed E-state index contributed by atoms with van der Waals surface area (Å²) in [4.78, 5) is 24.1. The van der Waals surface area contributed by atoms with E-state index in [9.17, 15) is 4.79 Å². The van der Waals surface area contributed by atoms with Crippen molar-refractivity contribution in [1.29, 1.82) is 0 Å². The molecule has 2 aliphatic rings. The zero-order valence-electron chi connectivity index (χ0n) is 16.3. The van der Waals surface area contributed by atoms with Gasteiger partial charge in [-0.1, -0.05) is 58.9 Å². The highest BCUT2D eigenvalue weighted by molar-refractivity contribution is 8.13. The standard InChI is InChI=1S/C21H20N6O2S/c1-13-6-5-7-14(10-13)18-23-17(29-26-18)12-30-21-24-19-16(11-22-25-19)20(28)27(21)15-8-3-2-4-9-15/h2-10,16,19,22,25H,11-12H2,1H3. The SMILES string of the molecule is Cc1cccc(-c2noc(CSC3=NC4NNCC4C(=O)N3c3ccccc3)n2)c1. The van der Waals surface area contributed by atoms with Gasteiger partial charge in [0.1, 0.15) is 6.17 Å². The predicted molar refractivity (Wildman–Crippen MR) is 116 cm³/mol. The topological polar surface area (TPSA) is 95.7 Å². The molecule has 1 amide bonds. The van der Waals surface area contributed by atoms with Gasteiger partial charge < -0.3 is 4.52 Å². The molecule has 2 atom stereocenters. The third kappa shape index (κ3) is 3.62. The van der Waals surface area contributed by atoms with Gasteiger partial charge in [-0.2, -0.15) is 4.98 Å². The monoisotopic (exact) mass is 420 g/mol. The van der Waals surface area contributed by atoms with Gasteiger partial charge in [0.2, 0.25) is 17.6 Å². The molecule has 0 aliphatic carbocycles. The number of rotatable bonds is 4. The molecule has 1 fully saturated rings. The molecule has 5 rings (SSSR count). The fourth-order valence-electron chi connectivity index (χ4n) is 3.52. The van der Waals surface area contributed by atoms with Crippen LogP contribution >= 0.6 is 11.8 Å². The number of aryl methyl sites for hydroxylation is 1. The second kappa shape index (κ2) is 8.02. The number of nitrogens with zero attached hydrogens (tertiary/aromatic N) is 4. The first-order chi connectivity index (χ1) is 14.7. The maximum absolute atomic E-state index is 13.2. The number of hydrazine groups is 1. The van der Waals surface area contributed by atoms with Gasteiger partial charge in [-0.15, -0.1) is 0 Å². The number of nitrogens with one attached hydrogen (secondary N) is 2. The van der Waals surface area contributed by atoms with Crippen molar-refractivity contribution >= 4 is 28.5 Å². The summed E-state index contributed by atoms with van der Waals surface area (Å²) in [7, 11) is 0. The van der Waals surface area contributed by atoms with Gasteiger partial charge in [0.15, 0.2) is 5.17 Å². The van der Waals surface area contributed by atoms with Gasteiger partial charge in [-0.3, -0.25) is 15.1 Å². The molecule has 0 bridgehead atoms. The van der Waals surface area contributed by atoms with Crippen LogP contribution in [-0.4, -0.2) is 33.9 Å². The smallest absolute Gasteiger partial charge is 0.241 e. The molecular weight excluding hydrogens is 400 g/mol. The van der Waals surface area contributed by atoms with E-state index in [2.05, 4.69) is 21.0 Å². The van der Waals surface area contributed by atoms with E-state index in [4.69, 9.17) is 9.52 Å². The van der Waals surface area contributed by atoms with Gasteiger partial charge in [-0.05, 0) is 25.1 Å². The van der Waals surface area contributed by atoms with E-state index in [-0.39, 0.29) is 18.0 Å². The molecule has 30 heavy (non-hydrogen) atoms. The van der Waals surface area contributed by atoms with E-state index in [1.54, 1.807) is 4.90 Å². The number of carbonyl (C=O) groups is 1. The van der Waals surface area contributed by atoms with E-state index in [1.165, 1.54) is 11.8 Å². The molecule has 8 nitrogen and oxygen atoms in total. The first-order valence-corrected chi connectivity index (χ1v) is 10.7. The lowest BCUT2D eigenvalue weighted by molar-refractivity contribution is -0.121. The number of fused-ring (bicyclic) bond motifs is 1. The minimum absolute atomic E-state index is 0.0205. The van der Waals surface area contributed by atoms with Crippen molar-refractivity contribution in [3.63, 3.8) is 0 Å². The number of aliphatic imine (C=N–C) groups is 1. The Morgan fingerprint density at radius 1 is 1.20 bits per heavy atom. The first kappa shape index (κ1) is 19.0. The van der Waals surface area contributed by atoms with Crippen LogP contribution in [0.5, 0.6) is 0 Å². The Hall–Kier alpha value is -3.01. The van der Waals surface area contributed by atoms with E-state index in [0.717, 1.165) is 16.8 Å². The zero-order chi connectivity index (χ0) is 20.5. The molecule has 9 heteroatoms. The van der Waals surface area contributed by atoms with E-state index in [0.29, 0.717) is 29.2 Å². The van der Waals surface area contributed by atoms with Gasteiger partial charge >= 0.3 is 0 Å². The van der Waals surface area contributed by atoms with Crippen molar-refractivity contribution in [2.45, 2.75) is 18.8 Å². The van der Waals surface area contributed by atoms with Crippen LogP contribution in [0, 0.1) is 12.8 Å². The van der Waals surface area contributed by atoms with Crippen molar-refractivity contribution in [3.05, 3.63) is 66.1 Å². The van der Waals surface area contributed by atoms with Crippen LogP contribution in [0.25, 0.3) is 11.4 Å². The summed E-state index contributed by atoms with van der Waals surface area (Å²) in [6.07, 6.45) is -0.273. The van der Waals surface area contributed by atoms with Gasteiger partial charge in [0.05, 0.1) is 17.4 Å². The van der Waals surface area contributed by atoms with Crippen molar-refractivity contribution in [3.8, 4) is 11.4 Å². The number of hydrogen-bond acceptors (Lipinski definition) is 8. The minimum Gasteiger partial charge on any atom is -0.338 e. The number of benzene rings is 2. The Bertz CT molecular complexity index is 1100. The van der Waals surface area contributed by atoms with Crippen LogP contribution in [0.15, 0.2) is 64.1 Å². The summed E-state index contributed by atoms with van der Waals surface area (Å²) in [5.41, 5.74) is 8.94. The lowest BCUT2D eigenvalue weighted by atomic mass is 10.1. The number of thioether (sulfide) groups is 1. The molecule has 3 heterocycles. The van der Waals surface area contributed by atoms with Crippen LogP contribution in [0.3, 0.4) is 0 Å². The third-order valence-corrected chi connectivity index (χ3v) is 5.95. The quantitative estimate of drug-likeness (QED) is 0.670. The van der Waals surface area contributed by atoms with Crippen LogP contribution in [0.2, 0.25) is 0 Å². The largest absolute Gasteiger partial charge is 0.338 e. The number of hydrogen-bond donors (Lipinski definition) is 2. The molecule has 2 unspecified atom stereocenters. The number of amides is 1. The van der Waals surface area contributed by atoms with Crippen molar-refractivity contribution in [2.75, 3.05) is 11.4 Å². The van der Waals surface area contributed by atoms with Crippen LogP contribution in [0.1, 0.15) is 11.5 Å². The molecule has 2 N–H and O–H groups in total. The normalized spacial score (nSPS) is 20.9. The van der Waals surface area contributed by atoms with Crippen molar-refractivity contribution < 1.29 is 9.32 Å². The van der Waals surface area contributed by atoms with Crippen LogP contribution < -0.4 is 15.8 Å². The molecule has 152 valence electrons. The molecule has 1 aromatic heterocycles. The highest BCUT2D eigenvalue weighted by Crippen LogP contribution is 2.30. The molecule has 3 aromatic rings. The highest BCUT2D eigenvalue weighted by Gasteiger charge is 2.42. The molecule has 1 saturated heterocycles. The van der Waals surface area contributed by atoms with Crippen LogP contribution in [-0.2, 0) is 10.5 Å². The Morgan fingerprint density at radius 3 is 2.90 bits per heavy atom. The van der Waals surface area contributed by atoms with Crippen molar-refractivity contribution in [2.24, 2.45) is 10.9 Å². The Morgan fingerprint density at radius 2 is 2.07 bits per heavy atom. The van der Waals surface area contributed by atoms with Crippen LogP contribution in [0.4, 0.5) is 5.69 Å². The minimum atomic E-state index is -0.273. The Kier molecular flexibility index (Phi) is 5.07. The Labute approximate surface area is 177 Å². The number of para-hydroxylation sites is 1. The second-order valence-electron chi connectivity index (χ2n) is 7.17. The van der Waals surface area contributed by atoms with E-state index >= 15 is 0 Å². The lowest BCUT2D eigenvalue weighted by Gasteiger charge is -2.32. The molecule has 0 spiro atoms. The summed E-state index contributed by atoms with van der Waals surface area (Å²) in [5, 5.41) is 4.70. The van der Waals surface area contributed by atoms with E-state index < -0.39 is 0 Å². The Balaban J connectivity index is 1.38. The maximum Gasteiger partial charge on any atom is 0.241 e. The van der Waals surface area contributed by atoms with Gasteiger partial charge in [0.25, 0.3) is 0 Å². The molecule has 0 radical (unpaired) electrons. The number of anilines is 1. The fourth-order valence-corrected chi connectivity index (χ4v) is 4.41. The average Bonchev–Trinajstić information content (AvgIpc) is 3.43. The summed E-state index contributed by atoms with van der Waals surface area (Å²) in [6.45, 7) is 2.58. The lowest BCUT2D eigenvalue weighted by Crippen LogP contribution is -2.49. The summed E-state index contributed by atoms with van der Waals surface area (Å²) < 4.78 is 5.44. The number of aromatic nitrogens is 2. The molecule has 2 aliphatic heterocycles. The predicted octanol–water partition coefficient (Wildman–Crippen LogP) is 2.73. The molecule has 0 saturated carbocycles. The summed E-state index contributed by atoms with van der Waals surface area (Å²) >= 11 is 1.41. The van der Waals surface area contributed by atoms with Gasteiger partial charge in [0, 0.05) is 12.1 Å². The second-order valence-corrected chi connectivity index (χ2v) is 8.11. The summed E-state index contributed by atoms with van der Waals surface area (Å²) in [6, 6.07) is 17.5. The fraction of sp³-hybridized carbons (Fsp3) is 0.238. The molecular formula is C21H20N6O2S. The number of carbonyl (C=O) groups excluding carboxylic acids is 1. The third-order valence-electron chi connectivity index (χ3n) is 5.01. The molecule has 2 aromatic carbocycles. The highest BCUT2D eigenvalue weighted by atomic mass is 32.2. The average molecular weight is 420 g/mol. The first-order valence-electron chi connectivity index (χ1n) is 9.67. The summed E-state index contributed by atoms with van der Waals surface area (Å²) in [5.74, 6) is 1.24. The number of amidine groups is 1.